The van der Waals surface area contributed by atoms with Crippen LogP contribution in [0.15, 0.2) is 0 Å². The van der Waals surface area contributed by atoms with Crippen molar-refractivity contribution in [3.05, 3.63) is 0 Å². The summed E-state index contributed by atoms with van der Waals surface area (Å²) in [5.41, 5.74) is 0. The van der Waals surface area contributed by atoms with Crippen molar-refractivity contribution in [1.29, 1.82) is 0 Å². The van der Waals surface area contributed by atoms with E-state index in [-0.39, 0.29) is 23.7 Å². The number of rotatable bonds is 5. The van der Waals surface area contributed by atoms with Crippen LogP contribution < -0.4 is 5.32 Å². The van der Waals surface area contributed by atoms with E-state index in [1.807, 2.05) is 0 Å². The number of nitrogens with one attached hydrogen (secondary N) is 1. The van der Waals surface area contributed by atoms with E-state index in [1.165, 1.54) is 20.8 Å². The molecule has 0 aromatic rings. The van der Waals surface area contributed by atoms with Crippen LogP contribution in [0.2, 0.25) is 0 Å². The highest BCUT2D eigenvalue weighted by atomic mass is 32.2. The van der Waals surface area contributed by atoms with Gasteiger partial charge < -0.3 is 10.1 Å². The number of carbonyl (C=O) groups is 3. The minimum atomic E-state index is -0.404. The second kappa shape index (κ2) is 7.28. The van der Waals surface area contributed by atoms with Gasteiger partial charge in [0.1, 0.15) is 6.61 Å². The third-order valence-electron chi connectivity index (χ3n) is 1.38. The summed E-state index contributed by atoms with van der Waals surface area (Å²) in [6.45, 7) is 4.21. The Morgan fingerprint density at radius 2 is 1.87 bits per heavy atom. The first-order chi connectivity index (χ1) is 6.91. The molecule has 0 heterocycles. The van der Waals surface area contributed by atoms with Gasteiger partial charge >= 0.3 is 5.97 Å². The second-order valence-electron chi connectivity index (χ2n) is 3.00. The van der Waals surface area contributed by atoms with Gasteiger partial charge in [0, 0.05) is 26.5 Å². The molecular weight excluding hydrogens is 218 g/mol. The van der Waals surface area contributed by atoms with Crippen LogP contribution in [-0.4, -0.2) is 35.4 Å². The van der Waals surface area contributed by atoms with Gasteiger partial charge in [-0.25, -0.2) is 0 Å². The number of ether oxygens (including phenoxy) is 1. The summed E-state index contributed by atoms with van der Waals surface area (Å²) in [5.74, 6) is -0.211. The third kappa shape index (κ3) is 9.27. The third-order valence-corrected chi connectivity index (χ3v) is 2.36. The minimum Gasteiger partial charge on any atom is -0.464 e. The van der Waals surface area contributed by atoms with Gasteiger partial charge in [0.15, 0.2) is 5.12 Å². The average Bonchev–Trinajstić information content (AvgIpc) is 2.08. The lowest BCUT2D eigenvalue weighted by Gasteiger charge is -2.16. The SMILES string of the molecule is CC(=O)N[C@H](COC(C)=O)CSC(C)=O. The largest absolute Gasteiger partial charge is 0.464 e. The average molecular weight is 233 g/mol. The molecule has 0 bridgehead atoms. The Bertz CT molecular complexity index is 236. The van der Waals surface area contributed by atoms with Crippen LogP contribution in [0.5, 0.6) is 0 Å². The van der Waals surface area contributed by atoms with Crippen LogP contribution in [0.25, 0.3) is 0 Å². The molecule has 0 unspecified atom stereocenters. The topological polar surface area (TPSA) is 72.5 Å². The molecule has 0 saturated heterocycles. The van der Waals surface area contributed by atoms with Crippen LogP contribution >= 0.6 is 11.8 Å². The van der Waals surface area contributed by atoms with E-state index >= 15 is 0 Å². The van der Waals surface area contributed by atoms with Gasteiger partial charge in [0.25, 0.3) is 0 Å². The molecule has 0 rings (SSSR count). The van der Waals surface area contributed by atoms with Crippen LogP contribution in [-0.2, 0) is 19.1 Å². The number of hydrogen-bond acceptors (Lipinski definition) is 5. The van der Waals surface area contributed by atoms with Crippen molar-refractivity contribution < 1.29 is 19.1 Å². The van der Waals surface area contributed by atoms with E-state index in [1.54, 1.807) is 0 Å². The molecule has 0 spiro atoms. The highest BCUT2D eigenvalue weighted by Gasteiger charge is 2.12. The maximum absolute atomic E-state index is 10.8. The molecule has 0 aromatic carbocycles. The lowest BCUT2D eigenvalue weighted by molar-refractivity contribution is -0.142. The molecule has 0 aliphatic heterocycles. The molecule has 1 atom stereocenters. The van der Waals surface area contributed by atoms with E-state index in [2.05, 4.69) is 5.32 Å². The van der Waals surface area contributed by atoms with Crippen LogP contribution in [0.1, 0.15) is 20.8 Å². The molecule has 0 saturated carbocycles. The number of amides is 1. The lowest BCUT2D eigenvalue weighted by Crippen LogP contribution is -2.39. The number of hydrogen-bond donors (Lipinski definition) is 1. The van der Waals surface area contributed by atoms with Crippen molar-refractivity contribution in [2.75, 3.05) is 12.4 Å². The summed E-state index contributed by atoms with van der Waals surface area (Å²) in [6.07, 6.45) is 0. The Morgan fingerprint density at radius 1 is 1.27 bits per heavy atom. The molecule has 86 valence electrons. The van der Waals surface area contributed by atoms with Gasteiger partial charge in [-0.3, -0.25) is 14.4 Å². The highest BCUT2D eigenvalue weighted by molar-refractivity contribution is 8.13. The molecule has 6 heteroatoms. The Morgan fingerprint density at radius 3 is 2.27 bits per heavy atom. The fourth-order valence-electron chi connectivity index (χ4n) is 0.855. The molecule has 1 N–H and O–H groups in total. The molecule has 1 amide bonds. The van der Waals surface area contributed by atoms with Crippen molar-refractivity contribution in [1.82, 2.24) is 5.32 Å². The quantitative estimate of drug-likeness (QED) is 0.693. The zero-order valence-electron chi connectivity index (χ0n) is 9.03. The van der Waals surface area contributed by atoms with Gasteiger partial charge in [0.05, 0.1) is 6.04 Å². The van der Waals surface area contributed by atoms with E-state index in [0.717, 1.165) is 11.8 Å². The fraction of sp³-hybridized carbons (Fsp3) is 0.667. The first kappa shape index (κ1) is 14.0. The Hall–Kier alpha value is -1.04. The van der Waals surface area contributed by atoms with E-state index in [9.17, 15) is 14.4 Å². The van der Waals surface area contributed by atoms with E-state index in [0.29, 0.717) is 5.75 Å². The van der Waals surface area contributed by atoms with Gasteiger partial charge in [-0.2, -0.15) is 0 Å². The Labute approximate surface area is 92.9 Å². The highest BCUT2D eigenvalue weighted by Crippen LogP contribution is 2.04. The summed E-state index contributed by atoms with van der Waals surface area (Å²) < 4.78 is 4.76. The normalized spacial score (nSPS) is 11.7. The Kier molecular flexibility index (Phi) is 6.77. The summed E-state index contributed by atoms with van der Waals surface area (Å²) in [5, 5.41) is 2.57. The molecular formula is C9H15NO4S. The van der Waals surface area contributed by atoms with Gasteiger partial charge in [-0.15, -0.1) is 0 Å². The summed E-state index contributed by atoms with van der Waals surface area (Å²) in [6, 6.07) is -0.319. The fourth-order valence-corrected chi connectivity index (χ4v) is 1.47. The smallest absolute Gasteiger partial charge is 0.302 e. The lowest BCUT2D eigenvalue weighted by atomic mass is 10.3. The molecule has 0 aromatic heterocycles. The molecule has 5 nitrogen and oxygen atoms in total. The zero-order valence-corrected chi connectivity index (χ0v) is 9.85. The number of esters is 1. The van der Waals surface area contributed by atoms with Crippen molar-refractivity contribution in [2.24, 2.45) is 0 Å². The molecule has 0 radical (unpaired) electrons. The van der Waals surface area contributed by atoms with Crippen LogP contribution in [0.4, 0.5) is 0 Å². The summed E-state index contributed by atoms with van der Waals surface area (Å²) in [7, 11) is 0. The molecule has 0 aliphatic rings. The van der Waals surface area contributed by atoms with Gasteiger partial charge in [-0.1, -0.05) is 11.8 Å². The zero-order chi connectivity index (χ0) is 11.8. The molecule has 0 fully saturated rings. The van der Waals surface area contributed by atoms with E-state index in [4.69, 9.17) is 4.74 Å². The number of carbonyl (C=O) groups excluding carboxylic acids is 3. The van der Waals surface area contributed by atoms with Crippen LogP contribution in [0, 0.1) is 0 Å². The standard InChI is InChI=1S/C9H15NO4S/c1-6(11)10-9(4-14-7(2)12)5-15-8(3)13/h9H,4-5H2,1-3H3,(H,10,11)/t9-/m1/s1. The second-order valence-corrected chi connectivity index (χ2v) is 4.20. The number of thioether (sulfide) groups is 1. The first-order valence-electron chi connectivity index (χ1n) is 4.45. The van der Waals surface area contributed by atoms with Crippen LogP contribution in [0.3, 0.4) is 0 Å². The van der Waals surface area contributed by atoms with Crippen molar-refractivity contribution in [3.63, 3.8) is 0 Å². The maximum atomic E-state index is 10.8. The monoisotopic (exact) mass is 233 g/mol. The van der Waals surface area contributed by atoms with Crippen molar-refractivity contribution in [3.8, 4) is 0 Å². The predicted octanol–water partition coefficient (Wildman–Crippen LogP) is 0.334. The van der Waals surface area contributed by atoms with Gasteiger partial charge in [0.2, 0.25) is 5.91 Å². The molecule has 15 heavy (non-hydrogen) atoms. The van der Waals surface area contributed by atoms with Gasteiger partial charge in [-0.05, 0) is 0 Å². The summed E-state index contributed by atoms with van der Waals surface area (Å²) >= 11 is 1.09. The first-order valence-corrected chi connectivity index (χ1v) is 5.44. The Balaban J connectivity index is 3.99. The molecule has 0 aliphatic carbocycles. The predicted molar refractivity (Wildman–Crippen MR) is 57.4 cm³/mol. The maximum Gasteiger partial charge on any atom is 0.302 e. The van der Waals surface area contributed by atoms with Crippen molar-refractivity contribution in [2.45, 2.75) is 26.8 Å². The van der Waals surface area contributed by atoms with E-state index < -0.39 is 5.97 Å². The summed E-state index contributed by atoms with van der Waals surface area (Å²) in [4.78, 5) is 32.1. The van der Waals surface area contributed by atoms with Crippen molar-refractivity contribution >= 4 is 28.8 Å². The minimum absolute atomic E-state index is 0.0341.